The normalized spacial score (nSPS) is 17.9. The molecule has 0 radical (unpaired) electrons. The number of benzene rings is 1. The van der Waals surface area contributed by atoms with E-state index in [1.54, 1.807) is 24.1 Å². The zero-order valence-corrected chi connectivity index (χ0v) is 23.9. The van der Waals surface area contributed by atoms with Gasteiger partial charge in [0.05, 0.1) is 38.7 Å². The molecule has 1 atom stereocenters. The molecular formula is C28H40FN9O3. The van der Waals surface area contributed by atoms with Crippen molar-refractivity contribution in [3.8, 4) is 5.75 Å². The lowest BCUT2D eigenvalue weighted by Gasteiger charge is -2.37. The maximum Gasteiger partial charge on any atom is 0.236 e. The number of anilines is 3. The second-order valence-corrected chi connectivity index (χ2v) is 10.7. The summed E-state index contributed by atoms with van der Waals surface area (Å²) >= 11 is 0. The van der Waals surface area contributed by atoms with E-state index in [1.807, 2.05) is 9.80 Å². The third-order valence-electron chi connectivity index (χ3n) is 8.02. The molecule has 2 aliphatic heterocycles. The van der Waals surface area contributed by atoms with Crippen LogP contribution in [0.25, 0.3) is 11.0 Å². The van der Waals surface area contributed by atoms with Gasteiger partial charge in [-0.3, -0.25) is 14.4 Å². The molecule has 3 aromatic rings. The van der Waals surface area contributed by atoms with Crippen molar-refractivity contribution in [3.05, 3.63) is 29.7 Å². The van der Waals surface area contributed by atoms with Gasteiger partial charge >= 0.3 is 0 Å². The van der Waals surface area contributed by atoms with E-state index in [0.29, 0.717) is 66.6 Å². The number of ether oxygens (including phenoxy) is 1. The van der Waals surface area contributed by atoms with Crippen LogP contribution in [0.15, 0.2) is 18.3 Å². The van der Waals surface area contributed by atoms with Crippen molar-refractivity contribution in [3.63, 3.8) is 0 Å². The van der Waals surface area contributed by atoms with Gasteiger partial charge in [0, 0.05) is 50.4 Å². The van der Waals surface area contributed by atoms with Crippen LogP contribution in [0.2, 0.25) is 0 Å². The number of nitrogens with zero attached hydrogens (tertiary/aromatic N) is 7. The van der Waals surface area contributed by atoms with Crippen LogP contribution in [0.5, 0.6) is 5.75 Å². The van der Waals surface area contributed by atoms with E-state index in [4.69, 9.17) is 10.5 Å². The molecule has 13 heteroatoms. The Hall–Kier alpha value is -3.71. The van der Waals surface area contributed by atoms with E-state index in [1.165, 1.54) is 6.07 Å². The summed E-state index contributed by atoms with van der Waals surface area (Å²) in [5, 5.41) is 17.4. The largest absolute Gasteiger partial charge is 0.496 e. The zero-order chi connectivity index (χ0) is 28.9. The zero-order valence-electron chi connectivity index (χ0n) is 23.9. The molecule has 1 aromatic carbocycles. The van der Waals surface area contributed by atoms with Crippen molar-refractivity contribution in [2.45, 2.75) is 45.2 Å². The Kier molecular flexibility index (Phi) is 9.03. The number of hydrogen-bond donors (Lipinski definition) is 3. The third-order valence-corrected chi connectivity index (χ3v) is 8.02. The Bertz CT molecular complexity index is 1360. The highest BCUT2D eigenvalue weighted by atomic mass is 19.1. The number of halogens is 1. The van der Waals surface area contributed by atoms with Crippen molar-refractivity contribution >= 4 is 34.4 Å². The van der Waals surface area contributed by atoms with Crippen LogP contribution in [-0.2, 0) is 11.3 Å². The molecule has 222 valence electrons. The number of unbranched alkanes of at least 4 members (excludes halogenated alkanes) is 1. The second kappa shape index (κ2) is 12.9. The summed E-state index contributed by atoms with van der Waals surface area (Å²) in [6, 6.07) is 3.28. The number of piperazine rings is 1. The summed E-state index contributed by atoms with van der Waals surface area (Å²) in [7, 11) is 1.57. The molecule has 0 saturated carbocycles. The molecule has 41 heavy (non-hydrogen) atoms. The molecule has 0 aliphatic carbocycles. The molecule has 0 unspecified atom stereocenters. The molecule has 5 rings (SSSR count). The Morgan fingerprint density at radius 3 is 2.76 bits per heavy atom. The lowest BCUT2D eigenvalue weighted by atomic mass is 10.1. The number of methoxy groups -OCH3 is 1. The molecule has 0 bridgehead atoms. The molecule has 2 aliphatic rings. The van der Waals surface area contributed by atoms with Gasteiger partial charge in [0.2, 0.25) is 11.9 Å². The molecule has 2 saturated heterocycles. The fourth-order valence-corrected chi connectivity index (χ4v) is 5.73. The van der Waals surface area contributed by atoms with Gasteiger partial charge in [-0.1, -0.05) is 13.3 Å². The Balaban J connectivity index is 1.29. The number of carbonyl (C=O) groups is 1. The minimum absolute atomic E-state index is 0.0548. The molecule has 4 N–H and O–H groups in total. The summed E-state index contributed by atoms with van der Waals surface area (Å²) < 4.78 is 23.0. The summed E-state index contributed by atoms with van der Waals surface area (Å²) in [5.41, 5.74) is 8.29. The highest BCUT2D eigenvalue weighted by Crippen LogP contribution is 2.32. The van der Waals surface area contributed by atoms with E-state index in [9.17, 15) is 9.90 Å². The fraction of sp³-hybridized carbons (Fsp3) is 0.571. The van der Waals surface area contributed by atoms with Crippen molar-refractivity contribution in [2.24, 2.45) is 0 Å². The van der Waals surface area contributed by atoms with Crippen LogP contribution in [0.1, 0.15) is 38.2 Å². The third kappa shape index (κ3) is 6.30. The number of aromatic nitrogens is 4. The first-order valence-electron chi connectivity index (χ1n) is 14.4. The first kappa shape index (κ1) is 28.8. The second-order valence-electron chi connectivity index (χ2n) is 10.7. The van der Waals surface area contributed by atoms with E-state index < -0.39 is 0 Å². The van der Waals surface area contributed by atoms with Crippen LogP contribution < -0.4 is 20.7 Å². The summed E-state index contributed by atoms with van der Waals surface area (Å²) in [5.74, 6) is 1.00. The molecule has 2 aromatic heterocycles. The lowest BCUT2D eigenvalue weighted by Crippen LogP contribution is -2.52. The quantitative estimate of drug-likeness (QED) is 0.294. The lowest BCUT2D eigenvalue weighted by molar-refractivity contribution is -0.133. The average molecular weight is 570 g/mol. The minimum Gasteiger partial charge on any atom is -0.496 e. The number of amides is 1. The van der Waals surface area contributed by atoms with Gasteiger partial charge < -0.3 is 30.7 Å². The van der Waals surface area contributed by atoms with Crippen molar-refractivity contribution < 1.29 is 19.0 Å². The van der Waals surface area contributed by atoms with Crippen molar-refractivity contribution in [1.29, 1.82) is 0 Å². The van der Waals surface area contributed by atoms with Crippen molar-refractivity contribution in [1.82, 2.24) is 29.5 Å². The van der Waals surface area contributed by atoms with Gasteiger partial charge in [-0.2, -0.15) is 10.1 Å². The predicted molar refractivity (Wildman–Crippen MR) is 156 cm³/mol. The van der Waals surface area contributed by atoms with Gasteiger partial charge in [-0.15, -0.1) is 0 Å². The average Bonchev–Trinajstić information content (AvgIpc) is 3.59. The number of carbonyl (C=O) groups excluding carboxylic acids is 1. The van der Waals surface area contributed by atoms with Crippen LogP contribution in [-0.4, -0.2) is 106 Å². The topological polar surface area (TPSA) is 138 Å². The molecule has 4 heterocycles. The number of aliphatic hydroxyl groups excluding tert-OH is 1. The number of fused-ring (bicyclic) bond motifs is 1. The van der Waals surface area contributed by atoms with E-state index >= 15 is 4.39 Å². The summed E-state index contributed by atoms with van der Waals surface area (Å²) in [6.45, 7) is 6.39. The van der Waals surface area contributed by atoms with Gasteiger partial charge in [-0.05, 0) is 31.9 Å². The molecule has 0 spiro atoms. The minimum atomic E-state index is -0.360. The van der Waals surface area contributed by atoms with E-state index in [-0.39, 0.29) is 36.9 Å². The first-order valence-corrected chi connectivity index (χ1v) is 14.4. The number of rotatable bonds is 11. The highest BCUT2D eigenvalue weighted by Gasteiger charge is 2.29. The molecule has 2 fully saturated rings. The van der Waals surface area contributed by atoms with Crippen molar-refractivity contribution in [2.75, 3.05) is 75.5 Å². The van der Waals surface area contributed by atoms with Gasteiger partial charge in [-0.25, -0.2) is 9.37 Å². The molecular weight excluding hydrogens is 529 g/mol. The smallest absolute Gasteiger partial charge is 0.236 e. The number of aliphatic hydroxyl groups is 1. The van der Waals surface area contributed by atoms with Crippen LogP contribution in [0.4, 0.5) is 21.8 Å². The Morgan fingerprint density at radius 1 is 1.22 bits per heavy atom. The summed E-state index contributed by atoms with van der Waals surface area (Å²) in [6.07, 6.45) is 5.56. The predicted octanol–water partition coefficient (Wildman–Crippen LogP) is 1.92. The maximum absolute atomic E-state index is 15.5. The standard InChI is InChI=1S/C28H40FN9O3/c1-3-4-7-31-27-26-22(33-28(30)34-27)15-32-38(26)16-19-13-21(29)23(14-24(19)41-2)35-9-11-36(12-10-35)25(40)17-37-8-5-6-20(37)18-39/h13-15,20,39H,3-12,16-18H2,1-2H3,(H3,30,31,33,34)/t20-/m0/s1. The van der Waals surface area contributed by atoms with Crippen LogP contribution in [0, 0.1) is 5.82 Å². The number of hydrogen-bond acceptors (Lipinski definition) is 10. The number of likely N-dealkylation sites (tertiary alicyclic amines) is 1. The van der Waals surface area contributed by atoms with E-state index in [0.717, 1.165) is 38.8 Å². The Labute approximate surface area is 239 Å². The molecule has 1 amide bonds. The van der Waals surface area contributed by atoms with Gasteiger partial charge in [0.1, 0.15) is 22.6 Å². The van der Waals surface area contributed by atoms with Crippen LogP contribution >= 0.6 is 0 Å². The SMILES string of the molecule is CCCCNc1nc(N)nc2cnn(Cc3cc(F)c(N4CCN(C(=O)CN5CCC[C@H]5CO)CC4)cc3OC)c12. The number of nitrogens with one attached hydrogen (secondary N) is 1. The van der Waals surface area contributed by atoms with Gasteiger partial charge in [0.15, 0.2) is 5.82 Å². The van der Waals surface area contributed by atoms with Crippen LogP contribution in [0.3, 0.4) is 0 Å². The summed E-state index contributed by atoms with van der Waals surface area (Å²) in [4.78, 5) is 27.4. The van der Waals surface area contributed by atoms with Gasteiger partial charge in [0.25, 0.3) is 0 Å². The number of nitrogen functional groups attached to an aromatic ring is 1. The first-order chi connectivity index (χ1) is 19.9. The van der Waals surface area contributed by atoms with E-state index in [2.05, 4.69) is 32.2 Å². The maximum atomic E-state index is 15.5. The number of nitrogens with two attached hydrogens (primary N) is 1. The fourth-order valence-electron chi connectivity index (χ4n) is 5.73. The molecule has 12 nitrogen and oxygen atoms in total. The highest BCUT2D eigenvalue weighted by molar-refractivity contribution is 5.86. The monoisotopic (exact) mass is 569 g/mol. The Morgan fingerprint density at radius 2 is 2.02 bits per heavy atom.